The van der Waals surface area contributed by atoms with Crippen LogP contribution in [0.15, 0.2) is 18.2 Å². The van der Waals surface area contributed by atoms with Crippen LogP contribution in [-0.2, 0) is 4.79 Å². The van der Waals surface area contributed by atoms with Crippen LogP contribution in [0.4, 0.5) is 4.39 Å². The quantitative estimate of drug-likeness (QED) is 0.692. The molecule has 1 amide bonds. The van der Waals surface area contributed by atoms with Crippen molar-refractivity contribution < 1.29 is 13.9 Å². The maximum absolute atomic E-state index is 13.8. The number of unbranched alkanes of at least 4 members (excludes halogenated alkanes) is 2. The van der Waals surface area contributed by atoms with Crippen LogP contribution in [0.1, 0.15) is 58.4 Å². The smallest absolute Gasteiger partial charge is 0.222 e. The summed E-state index contributed by atoms with van der Waals surface area (Å²) in [6, 6.07) is 5.15. The highest BCUT2D eigenvalue weighted by Crippen LogP contribution is 2.23. The lowest BCUT2D eigenvalue weighted by Gasteiger charge is -2.10. The molecule has 22 heavy (non-hydrogen) atoms. The Bertz CT molecular complexity index is 472. The second kappa shape index (κ2) is 9.44. The van der Waals surface area contributed by atoms with Gasteiger partial charge in [-0.05, 0) is 42.9 Å². The largest absolute Gasteiger partial charge is 0.491 e. The lowest BCUT2D eigenvalue weighted by Crippen LogP contribution is -2.28. The van der Waals surface area contributed by atoms with Gasteiger partial charge >= 0.3 is 0 Å². The van der Waals surface area contributed by atoms with Gasteiger partial charge in [-0.2, -0.15) is 0 Å². The van der Waals surface area contributed by atoms with Gasteiger partial charge in [0.1, 0.15) is 0 Å². The van der Waals surface area contributed by atoms with Gasteiger partial charge in [-0.25, -0.2) is 4.39 Å². The zero-order valence-electron chi connectivity index (χ0n) is 14.1. The SMILES string of the molecule is CC(C)C(=O)NCCCCCOc1ccc(C(C)C)cc1F. The Labute approximate surface area is 133 Å². The molecule has 1 rings (SSSR count). The number of nitrogens with one attached hydrogen (secondary N) is 1. The van der Waals surface area contributed by atoms with Crippen molar-refractivity contribution in [1.82, 2.24) is 5.32 Å². The summed E-state index contributed by atoms with van der Waals surface area (Å²) in [6.07, 6.45) is 2.71. The lowest BCUT2D eigenvalue weighted by molar-refractivity contribution is -0.123. The normalized spacial score (nSPS) is 11.0. The zero-order valence-corrected chi connectivity index (χ0v) is 14.1. The van der Waals surface area contributed by atoms with Gasteiger partial charge in [-0.1, -0.05) is 33.8 Å². The van der Waals surface area contributed by atoms with E-state index in [1.54, 1.807) is 12.1 Å². The van der Waals surface area contributed by atoms with E-state index in [1.165, 1.54) is 0 Å². The van der Waals surface area contributed by atoms with Crippen molar-refractivity contribution in [3.05, 3.63) is 29.6 Å². The highest BCUT2D eigenvalue weighted by molar-refractivity contribution is 5.77. The zero-order chi connectivity index (χ0) is 16.5. The van der Waals surface area contributed by atoms with Gasteiger partial charge in [0.2, 0.25) is 5.91 Å². The minimum absolute atomic E-state index is 0.0279. The molecule has 124 valence electrons. The Morgan fingerprint density at radius 2 is 1.91 bits per heavy atom. The molecule has 0 radical (unpaired) electrons. The summed E-state index contributed by atoms with van der Waals surface area (Å²) in [5.74, 6) is 0.446. The van der Waals surface area contributed by atoms with Crippen molar-refractivity contribution in [3.8, 4) is 5.75 Å². The van der Waals surface area contributed by atoms with Crippen molar-refractivity contribution >= 4 is 5.91 Å². The van der Waals surface area contributed by atoms with Crippen LogP contribution in [0.25, 0.3) is 0 Å². The Hall–Kier alpha value is -1.58. The van der Waals surface area contributed by atoms with Crippen molar-refractivity contribution in [2.75, 3.05) is 13.2 Å². The van der Waals surface area contributed by atoms with Crippen molar-refractivity contribution in [1.29, 1.82) is 0 Å². The van der Waals surface area contributed by atoms with Gasteiger partial charge in [-0.15, -0.1) is 0 Å². The van der Waals surface area contributed by atoms with Gasteiger partial charge in [0, 0.05) is 12.5 Å². The molecule has 0 aliphatic rings. The highest BCUT2D eigenvalue weighted by atomic mass is 19.1. The predicted molar refractivity (Wildman–Crippen MR) is 87.7 cm³/mol. The van der Waals surface area contributed by atoms with Crippen LogP contribution in [0.2, 0.25) is 0 Å². The van der Waals surface area contributed by atoms with E-state index < -0.39 is 0 Å². The third kappa shape index (κ3) is 6.46. The predicted octanol–water partition coefficient (Wildman–Crippen LogP) is 4.27. The molecule has 0 atom stereocenters. The van der Waals surface area contributed by atoms with E-state index in [4.69, 9.17) is 4.74 Å². The molecule has 0 bridgehead atoms. The second-order valence-electron chi connectivity index (χ2n) is 6.20. The number of hydrogen-bond acceptors (Lipinski definition) is 2. The summed E-state index contributed by atoms with van der Waals surface area (Å²) in [5, 5.41) is 2.88. The molecule has 0 unspecified atom stereocenters. The maximum Gasteiger partial charge on any atom is 0.222 e. The number of ether oxygens (including phenoxy) is 1. The minimum atomic E-state index is -0.296. The van der Waals surface area contributed by atoms with Crippen LogP contribution in [0.3, 0.4) is 0 Å². The fraction of sp³-hybridized carbons (Fsp3) is 0.611. The Morgan fingerprint density at radius 1 is 1.18 bits per heavy atom. The molecule has 1 aromatic carbocycles. The number of carbonyl (C=O) groups is 1. The molecule has 0 fully saturated rings. The molecular formula is C18H28FNO2. The van der Waals surface area contributed by atoms with Gasteiger partial charge in [0.25, 0.3) is 0 Å². The number of halogens is 1. The number of carbonyl (C=O) groups excluding carboxylic acids is 1. The van der Waals surface area contributed by atoms with Crippen LogP contribution in [0.5, 0.6) is 5.75 Å². The van der Waals surface area contributed by atoms with Crippen molar-refractivity contribution in [2.45, 2.75) is 52.9 Å². The molecule has 3 nitrogen and oxygen atoms in total. The fourth-order valence-electron chi connectivity index (χ4n) is 1.99. The summed E-state index contributed by atoms with van der Waals surface area (Å²) in [6.45, 7) is 9.01. The molecule has 4 heteroatoms. The van der Waals surface area contributed by atoms with Crippen LogP contribution < -0.4 is 10.1 Å². The monoisotopic (exact) mass is 309 g/mol. The van der Waals surface area contributed by atoms with Crippen LogP contribution >= 0.6 is 0 Å². The molecule has 0 saturated carbocycles. The van der Waals surface area contributed by atoms with E-state index in [-0.39, 0.29) is 17.6 Å². The van der Waals surface area contributed by atoms with Gasteiger partial charge in [0.05, 0.1) is 6.61 Å². The summed E-state index contributed by atoms with van der Waals surface area (Å²) in [5.41, 5.74) is 0.978. The Balaban J connectivity index is 2.18. The first kappa shape index (κ1) is 18.5. The summed E-state index contributed by atoms with van der Waals surface area (Å²) < 4.78 is 19.3. The third-order valence-corrected chi connectivity index (χ3v) is 3.52. The molecule has 0 saturated heterocycles. The first-order valence-electron chi connectivity index (χ1n) is 8.11. The third-order valence-electron chi connectivity index (χ3n) is 3.52. The topological polar surface area (TPSA) is 38.3 Å². The summed E-state index contributed by atoms with van der Waals surface area (Å²) >= 11 is 0. The molecule has 0 spiro atoms. The molecule has 0 aliphatic heterocycles. The van der Waals surface area contributed by atoms with Crippen molar-refractivity contribution in [3.63, 3.8) is 0 Å². The lowest BCUT2D eigenvalue weighted by atomic mass is 10.0. The van der Waals surface area contributed by atoms with Crippen LogP contribution in [0, 0.1) is 11.7 Å². The van der Waals surface area contributed by atoms with E-state index in [0.717, 1.165) is 24.8 Å². The second-order valence-corrected chi connectivity index (χ2v) is 6.20. The standard InChI is InChI=1S/C18H28FNO2/c1-13(2)15-8-9-17(16(19)12-15)22-11-7-5-6-10-20-18(21)14(3)4/h8-9,12-14H,5-7,10-11H2,1-4H3,(H,20,21). The van der Waals surface area contributed by atoms with E-state index in [1.807, 2.05) is 33.8 Å². The van der Waals surface area contributed by atoms with Gasteiger partial charge in [0.15, 0.2) is 11.6 Å². The van der Waals surface area contributed by atoms with Gasteiger partial charge < -0.3 is 10.1 Å². The molecule has 1 aromatic rings. The molecular weight excluding hydrogens is 281 g/mol. The van der Waals surface area contributed by atoms with Crippen LogP contribution in [-0.4, -0.2) is 19.1 Å². The fourth-order valence-corrected chi connectivity index (χ4v) is 1.99. The minimum Gasteiger partial charge on any atom is -0.491 e. The summed E-state index contributed by atoms with van der Waals surface area (Å²) in [4.78, 5) is 11.4. The Morgan fingerprint density at radius 3 is 2.50 bits per heavy atom. The average Bonchev–Trinajstić information content (AvgIpc) is 2.46. The van der Waals surface area contributed by atoms with E-state index in [0.29, 0.717) is 24.8 Å². The van der Waals surface area contributed by atoms with E-state index >= 15 is 0 Å². The number of amides is 1. The number of hydrogen-bond donors (Lipinski definition) is 1. The number of benzene rings is 1. The average molecular weight is 309 g/mol. The van der Waals surface area contributed by atoms with Gasteiger partial charge in [-0.3, -0.25) is 4.79 Å². The Kier molecular flexibility index (Phi) is 7.92. The first-order chi connectivity index (χ1) is 10.4. The van der Waals surface area contributed by atoms with E-state index in [9.17, 15) is 9.18 Å². The van der Waals surface area contributed by atoms with Crippen molar-refractivity contribution in [2.24, 2.45) is 5.92 Å². The maximum atomic E-state index is 13.8. The molecule has 0 aromatic heterocycles. The number of rotatable bonds is 9. The first-order valence-corrected chi connectivity index (χ1v) is 8.11. The summed E-state index contributed by atoms with van der Waals surface area (Å²) in [7, 11) is 0. The van der Waals surface area contributed by atoms with E-state index in [2.05, 4.69) is 5.32 Å². The molecule has 0 heterocycles. The molecule has 0 aliphatic carbocycles. The molecule has 1 N–H and O–H groups in total. The highest BCUT2D eigenvalue weighted by Gasteiger charge is 2.07.